The van der Waals surface area contributed by atoms with E-state index < -0.39 is 28.5 Å². The van der Waals surface area contributed by atoms with Crippen LogP contribution in [0.3, 0.4) is 0 Å². The van der Waals surface area contributed by atoms with Gasteiger partial charge in [-0.25, -0.2) is 8.42 Å². The van der Waals surface area contributed by atoms with Gasteiger partial charge in [-0.15, -0.1) is 0 Å². The second-order valence-corrected chi connectivity index (χ2v) is 11.5. The fourth-order valence-electron chi connectivity index (χ4n) is 4.40. The smallest absolute Gasteiger partial charge is 0.264 e. The third-order valence-corrected chi connectivity index (χ3v) is 8.73. The Morgan fingerprint density at radius 1 is 0.900 bits per heavy atom. The van der Waals surface area contributed by atoms with Crippen LogP contribution in [0.5, 0.6) is 5.75 Å². The van der Waals surface area contributed by atoms with Crippen molar-refractivity contribution in [2.24, 2.45) is 0 Å². The van der Waals surface area contributed by atoms with Crippen LogP contribution in [0.1, 0.15) is 44.7 Å². The van der Waals surface area contributed by atoms with E-state index in [0.29, 0.717) is 12.2 Å². The summed E-state index contributed by atoms with van der Waals surface area (Å²) in [5.41, 5.74) is 2.08. The quantitative estimate of drug-likeness (QED) is 0.317. The second kappa shape index (κ2) is 14.0. The molecule has 3 aromatic rings. The molecule has 0 aromatic heterocycles. The first-order valence-corrected chi connectivity index (χ1v) is 14.9. The number of ether oxygens (including phenoxy) is 1. The van der Waals surface area contributed by atoms with Gasteiger partial charge in [0.1, 0.15) is 18.3 Å². The molecule has 40 heavy (non-hydrogen) atoms. The van der Waals surface area contributed by atoms with Crippen molar-refractivity contribution in [3.8, 4) is 5.75 Å². The van der Waals surface area contributed by atoms with Gasteiger partial charge in [0, 0.05) is 12.6 Å². The molecule has 2 unspecified atom stereocenters. The van der Waals surface area contributed by atoms with Crippen molar-refractivity contribution >= 4 is 27.5 Å². The topological polar surface area (TPSA) is 96.0 Å². The summed E-state index contributed by atoms with van der Waals surface area (Å²) in [6.07, 6.45) is 1.10. The van der Waals surface area contributed by atoms with Crippen molar-refractivity contribution in [1.29, 1.82) is 0 Å². The normalized spacial score (nSPS) is 12.7. The molecule has 0 saturated heterocycles. The van der Waals surface area contributed by atoms with Crippen LogP contribution in [-0.2, 0) is 26.2 Å². The van der Waals surface area contributed by atoms with Crippen molar-refractivity contribution < 1.29 is 22.7 Å². The van der Waals surface area contributed by atoms with Gasteiger partial charge < -0.3 is 15.0 Å². The van der Waals surface area contributed by atoms with Crippen LogP contribution >= 0.6 is 0 Å². The van der Waals surface area contributed by atoms with Gasteiger partial charge in [0.05, 0.1) is 17.7 Å². The molecular formula is C31H39N3O5S. The number of amides is 2. The molecule has 0 radical (unpaired) electrons. The lowest BCUT2D eigenvalue weighted by Crippen LogP contribution is -2.53. The summed E-state index contributed by atoms with van der Waals surface area (Å²) >= 11 is 0. The Labute approximate surface area is 238 Å². The van der Waals surface area contributed by atoms with Crippen LogP contribution in [0.15, 0.2) is 83.8 Å². The van der Waals surface area contributed by atoms with Gasteiger partial charge in [-0.3, -0.25) is 13.9 Å². The number of nitrogens with zero attached hydrogens (tertiary/aromatic N) is 2. The van der Waals surface area contributed by atoms with Gasteiger partial charge in [-0.05, 0) is 62.1 Å². The highest BCUT2D eigenvalue weighted by Gasteiger charge is 2.35. The number of sulfonamides is 1. The Balaban J connectivity index is 2.10. The minimum Gasteiger partial charge on any atom is -0.495 e. The maximum atomic E-state index is 14.2. The van der Waals surface area contributed by atoms with E-state index in [4.69, 9.17) is 4.74 Å². The Morgan fingerprint density at radius 2 is 1.52 bits per heavy atom. The number of anilines is 1. The molecule has 0 spiro atoms. The molecule has 0 aliphatic carbocycles. The molecule has 3 rings (SSSR count). The number of carbonyl (C=O) groups is 2. The van der Waals surface area contributed by atoms with Gasteiger partial charge >= 0.3 is 0 Å². The van der Waals surface area contributed by atoms with Crippen molar-refractivity contribution in [3.05, 3.63) is 90.0 Å². The van der Waals surface area contributed by atoms with Crippen LogP contribution in [0.2, 0.25) is 0 Å². The van der Waals surface area contributed by atoms with Gasteiger partial charge in [0.25, 0.3) is 10.0 Å². The maximum Gasteiger partial charge on any atom is 0.264 e. The first-order chi connectivity index (χ1) is 19.1. The van der Waals surface area contributed by atoms with Gasteiger partial charge in [-0.1, -0.05) is 68.4 Å². The first kappa shape index (κ1) is 30.7. The fourth-order valence-corrected chi connectivity index (χ4v) is 5.85. The second-order valence-electron chi connectivity index (χ2n) is 9.69. The molecular weight excluding hydrogens is 526 g/mol. The Morgan fingerprint density at radius 3 is 2.15 bits per heavy atom. The molecule has 2 atom stereocenters. The minimum absolute atomic E-state index is 0.0423. The van der Waals surface area contributed by atoms with Crippen molar-refractivity contribution in [1.82, 2.24) is 10.2 Å². The zero-order valence-electron chi connectivity index (χ0n) is 23.8. The molecule has 0 heterocycles. The molecule has 0 aliphatic rings. The zero-order chi connectivity index (χ0) is 29.3. The molecule has 9 heteroatoms. The summed E-state index contributed by atoms with van der Waals surface area (Å²) in [6, 6.07) is 21.4. The molecule has 214 valence electrons. The summed E-state index contributed by atoms with van der Waals surface area (Å²) in [5.74, 6) is -0.463. The molecule has 0 saturated carbocycles. The van der Waals surface area contributed by atoms with Crippen LogP contribution in [0, 0.1) is 6.92 Å². The number of hydrogen-bond acceptors (Lipinski definition) is 5. The number of methoxy groups -OCH3 is 1. The van der Waals surface area contributed by atoms with E-state index in [1.54, 1.807) is 42.5 Å². The molecule has 0 bridgehead atoms. The third kappa shape index (κ3) is 7.21. The predicted octanol–water partition coefficient (Wildman–Crippen LogP) is 4.92. The van der Waals surface area contributed by atoms with Crippen LogP contribution < -0.4 is 14.4 Å². The summed E-state index contributed by atoms with van der Waals surface area (Å²) in [4.78, 5) is 29.1. The molecule has 8 nitrogen and oxygen atoms in total. The Hall–Kier alpha value is -3.85. The number of carbonyl (C=O) groups excluding carboxylic acids is 2. The lowest BCUT2D eigenvalue weighted by atomic mass is 10.1. The van der Waals surface area contributed by atoms with E-state index in [1.807, 2.05) is 52.0 Å². The number of para-hydroxylation sites is 2. The molecule has 2 amide bonds. The predicted molar refractivity (Wildman–Crippen MR) is 158 cm³/mol. The van der Waals surface area contributed by atoms with Crippen molar-refractivity contribution in [3.63, 3.8) is 0 Å². The van der Waals surface area contributed by atoms with E-state index >= 15 is 0 Å². The lowest BCUT2D eigenvalue weighted by molar-refractivity contribution is -0.140. The zero-order valence-corrected chi connectivity index (χ0v) is 24.6. The number of aryl methyl sites for hydroxylation is 1. The largest absolute Gasteiger partial charge is 0.495 e. The summed E-state index contributed by atoms with van der Waals surface area (Å²) < 4.78 is 34.4. The third-order valence-electron chi connectivity index (χ3n) is 6.95. The Bertz CT molecular complexity index is 1390. The minimum atomic E-state index is -4.17. The summed E-state index contributed by atoms with van der Waals surface area (Å²) in [6.45, 7) is 7.31. The highest BCUT2D eigenvalue weighted by atomic mass is 32.2. The van der Waals surface area contributed by atoms with E-state index in [2.05, 4.69) is 5.32 Å². The number of nitrogens with one attached hydrogen (secondary N) is 1. The maximum absolute atomic E-state index is 14.2. The van der Waals surface area contributed by atoms with Gasteiger partial charge in [0.15, 0.2) is 0 Å². The van der Waals surface area contributed by atoms with Crippen molar-refractivity contribution in [2.45, 2.75) is 64.1 Å². The first-order valence-electron chi connectivity index (χ1n) is 13.5. The SMILES string of the molecule is CCC(C)NC(=O)C(CC)N(Cc1ccccc1C)C(=O)CN(c1ccccc1OC)S(=O)(=O)c1ccccc1. The van der Waals surface area contributed by atoms with Crippen LogP contribution in [-0.4, -0.2) is 50.9 Å². The Kier molecular flexibility index (Phi) is 10.7. The lowest BCUT2D eigenvalue weighted by Gasteiger charge is -2.34. The van der Waals surface area contributed by atoms with Crippen LogP contribution in [0.4, 0.5) is 5.69 Å². The average molecular weight is 566 g/mol. The summed E-state index contributed by atoms with van der Waals surface area (Å²) in [5, 5.41) is 2.99. The van der Waals surface area contributed by atoms with E-state index in [0.717, 1.165) is 21.9 Å². The standard InChI is InChI=1S/C31H39N3O5S/c1-6-24(4)32-31(36)27(7-2)33(21-25-16-12-11-15-23(25)3)30(35)22-34(28-19-13-14-20-29(28)39-5)40(37,38)26-17-9-8-10-18-26/h8-20,24,27H,6-7,21-22H2,1-5H3,(H,32,36). The molecule has 0 aliphatic heterocycles. The number of benzene rings is 3. The van der Waals surface area contributed by atoms with Gasteiger partial charge in [0.2, 0.25) is 11.8 Å². The monoisotopic (exact) mass is 565 g/mol. The highest BCUT2D eigenvalue weighted by Crippen LogP contribution is 2.32. The molecule has 0 fully saturated rings. The van der Waals surface area contributed by atoms with E-state index in [9.17, 15) is 18.0 Å². The van der Waals surface area contributed by atoms with Crippen molar-refractivity contribution in [2.75, 3.05) is 18.0 Å². The fraction of sp³-hybridized carbons (Fsp3) is 0.355. The molecule has 3 aromatic carbocycles. The number of hydrogen-bond donors (Lipinski definition) is 1. The van der Waals surface area contributed by atoms with Crippen LogP contribution in [0.25, 0.3) is 0 Å². The number of rotatable bonds is 13. The van der Waals surface area contributed by atoms with E-state index in [-0.39, 0.29) is 29.1 Å². The molecule has 1 N–H and O–H groups in total. The highest BCUT2D eigenvalue weighted by molar-refractivity contribution is 7.92. The average Bonchev–Trinajstić information content (AvgIpc) is 2.96. The van der Waals surface area contributed by atoms with E-state index in [1.165, 1.54) is 24.1 Å². The summed E-state index contributed by atoms with van der Waals surface area (Å²) in [7, 11) is -2.72. The van der Waals surface area contributed by atoms with Gasteiger partial charge in [-0.2, -0.15) is 0 Å².